The summed E-state index contributed by atoms with van der Waals surface area (Å²) in [5.41, 5.74) is 5.60. The maximum Gasteiger partial charge on any atom is 0.573 e. The Kier molecular flexibility index (Phi) is 10.9. The van der Waals surface area contributed by atoms with E-state index in [1.54, 1.807) is 0 Å². The molecule has 2 atom stereocenters. The van der Waals surface area contributed by atoms with Gasteiger partial charge in [-0.15, -0.1) is 18.3 Å². The van der Waals surface area contributed by atoms with Gasteiger partial charge < -0.3 is 10.1 Å². The van der Waals surface area contributed by atoms with Gasteiger partial charge in [0.15, 0.2) is 11.0 Å². The van der Waals surface area contributed by atoms with E-state index < -0.39 is 6.36 Å². The number of thioether (sulfide) groups is 1. The monoisotopic (exact) mass is 664 g/mol. The molecule has 8 nitrogen and oxygen atoms in total. The lowest BCUT2D eigenvalue weighted by atomic mass is 9.80. The zero-order chi connectivity index (χ0) is 33.6. The number of rotatable bonds is 8. The molecule has 3 aromatic carbocycles. The van der Waals surface area contributed by atoms with Gasteiger partial charge in [0.2, 0.25) is 0 Å². The fourth-order valence-corrected chi connectivity index (χ4v) is 6.39. The van der Waals surface area contributed by atoms with Gasteiger partial charge in [0.1, 0.15) is 12.1 Å². The third-order valence-corrected chi connectivity index (χ3v) is 8.79. The third kappa shape index (κ3) is 9.15. The lowest BCUT2D eigenvalue weighted by molar-refractivity contribution is -0.274. The summed E-state index contributed by atoms with van der Waals surface area (Å²) in [5, 5.41) is 11.3. The molecular weight excluding hydrogens is 625 g/mol. The number of nitrogens with zero attached hydrogens (tertiary/aromatic N) is 4. The normalized spacial score (nSPS) is 17.1. The minimum absolute atomic E-state index is 0.0331. The molecule has 248 valence electrons. The number of ether oxygens (including phenoxy) is 1. The van der Waals surface area contributed by atoms with Crippen LogP contribution in [0.5, 0.6) is 5.75 Å². The summed E-state index contributed by atoms with van der Waals surface area (Å²) in [4.78, 5) is 22.6. The topological polar surface area (TPSA) is 93.4 Å². The molecule has 0 aliphatic heterocycles. The maximum absolute atomic E-state index is 13.3. The number of nitrogens with one attached hydrogen (secondary N) is 2. The number of hydrogen-bond donors (Lipinski definition) is 2. The molecule has 1 aliphatic carbocycles. The van der Waals surface area contributed by atoms with Gasteiger partial charge in [0.05, 0.1) is 11.4 Å². The first-order valence-corrected chi connectivity index (χ1v) is 16.8. The van der Waals surface area contributed by atoms with Crippen LogP contribution in [0.4, 0.5) is 23.7 Å². The highest BCUT2D eigenvalue weighted by Gasteiger charge is 2.31. The minimum atomic E-state index is -4.75. The fourth-order valence-electron chi connectivity index (χ4n) is 5.79. The van der Waals surface area contributed by atoms with Crippen molar-refractivity contribution in [1.82, 2.24) is 25.4 Å². The molecule has 2 unspecified atom stereocenters. The number of hydrogen-bond acceptors (Lipinski definition) is 6. The van der Waals surface area contributed by atoms with Gasteiger partial charge in [-0.1, -0.05) is 81.8 Å². The first kappa shape index (κ1) is 34.0. The number of aromatic nitrogens is 3. The molecule has 1 aromatic heterocycles. The number of halogens is 3. The van der Waals surface area contributed by atoms with Crippen molar-refractivity contribution in [2.75, 3.05) is 5.75 Å². The predicted octanol–water partition coefficient (Wildman–Crippen LogP) is 9.03. The van der Waals surface area contributed by atoms with Gasteiger partial charge in [0.25, 0.3) is 0 Å². The quantitative estimate of drug-likeness (QED) is 0.145. The molecule has 2 N–H and O–H groups in total. The lowest BCUT2D eigenvalue weighted by Crippen LogP contribution is -2.47. The Labute approximate surface area is 277 Å². The van der Waals surface area contributed by atoms with Crippen LogP contribution in [0.2, 0.25) is 0 Å². The Balaban J connectivity index is 1.26. The molecule has 0 saturated heterocycles. The van der Waals surface area contributed by atoms with E-state index in [1.165, 1.54) is 47.0 Å². The zero-order valence-electron chi connectivity index (χ0n) is 26.8. The van der Waals surface area contributed by atoms with E-state index in [9.17, 15) is 18.0 Å². The van der Waals surface area contributed by atoms with Crippen LogP contribution in [-0.2, 0) is 0 Å². The maximum atomic E-state index is 13.3. The van der Waals surface area contributed by atoms with Crippen LogP contribution in [0.25, 0.3) is 17.1 Å². The van der Waals surface area contributed by atoms with E-state index in [0.29, 0.717) is 22.6 Å². The van der Waals surface area contributed by atoms with E-state index in [0.717, 1.165) is 59.4 Å². The highest BCUT2D eigenvalue weighted by Crippen LogP contribution is 2.34. The molecule has 4 aromatic rings. The SMILES string of the molecule is CCSC(=Nc1cc(C)ccc1C(C)C)NC(=O)NC1CCCCC1c1ccc(-c2ncn(-c3ccc(OC(F)(F)F)cc3)n2)cc1. The second-order valence-corrected chi connectivity index (χ2v) is 13.1. The van der Waals surface area contributed by atoms with Gasteiger partial charge >= 0.3 is 12.4 Å². The molecular formula is C35H39F3N6O2S. The van der Waals surface area contributed by atoms with Crippen LogP contribution in [0.15, 0.2) is 78.0 Å². The summed E-state index contributed by atoms with van der Waals surface area (Å²) in [6.07, 6.45) is 0.711. The minimum Gasteiger partial charge on any atom is -0.406 e. The van der Waals surface area contributed by atoms with E-state index >= 15 is 0 Å². The van der Waals surface area contributed by atoms with Crippen molar-refractivity contribution in [3.8, 4) is 22.8 Å². The molecule has 0 radical (unpaired) electrons. The van der Waals surface area contributed by atoms with Crippen molar-refractivity contribution in [2.24, 2.45) is 4.99 Å². The summed E-state index contributed by atoms with van der Waals surface area (Å²) < 4.78 is 42.9. The van der Waals surface area contributed by atoms with Crippen LogP contribution in [0, 0.1) is 6.92 Å². The molecule has 1 aliphatic rings. The van der Waals surface area contributed by atoms with Gasteiger partial charge in [-0.3, -0.25) is 5.32 Å². The summed E-state index contributed by atoms with van der Waals surface area (Å²) in [7, 11) is 0. The predicted molar refractivity (Wildman–Crippen MR) is 181 cm³/mol. The highest BCUT2D eigenvalue weighted by molar-refractivity contribution is 8.13. The lowest BCUT2D eigenvalue weighted by Gasteiger charge is -2.32. The van der Waals surface area contributed by atoms with Crippen LogP contribution >= 0.6 is 11.8 Å². The Bertz CT molecular complexity index is 1690. The first-order chi connectivity index (χ1) is 22.5. The Morgan fingerprint density at radius 1 is 1.06 bits per heavy atom. The summed E-state index contributed by atoms with van der Waals surface area (Å²) in [6, 6.07) is 19.4. The largest absolute Gasteiger partial charge is 0.573 e. The molecule has 2 amide bonds. The van der Waals surface area contributed by atoms with E-state index in [2.05, 4.69) is 57.5 Å². The third-order valence-electron chi connectivity index (χ3n) is 8.04. The van der Waals surface area contributed by atoms with Gasteiger partial charge in [-0.2, -0.15) is 0 Å². The first-order valence-electron chi connectivity index (χ1n) is 15.8. The van der Waals surface area contributed by atoms with E-state index in [4.69, 9.17) is 4.99 Å². The van der Waals surface area contributed by atoms with Crippen molar-refractivity contribution in [1.29, 1.82) is 0 Å². The number of aryl methyl sites for hydroxylation is 1. The van der Waals surface area contributed by atoms with Gasteiger partial charge in [-0.25, -0.2) is 19.5 Å². The van der Waals surface area contributed by atoms with Crippen molar-refractivity contribution in [3.05, 3.63) is 89.7 Å². The molecule has 1 saturated carbocycles. The second kappa shape index (κ2) is 15.1. The molecule has 47 heavy (non-hydrogen) atoms. The number of amidine groups is 1. The zero-order valence-corrected chi connectivity index (χ0v) is 27.7. The van der Waals surface area contributed by atoms with Gasteiger partial charge in [0, 0.05) is 17.5 Å². The smallest absolute Gasteiger partial charge is 0.406 e. The molecule has 5 rings (SSSR count). The number of benzene rings is 3. The van der Waals surface area contributed by atoms with Crippen molar-refractivity contribution >= 4 is 28.6 Å². The standard InChI is InChI=1S/C35H39F3N6O2S/c1-5-47-34(41-31-20-23(4)10-19-28(31)22(2)3)42-33(45)40-30-9-7-6-8-29(30)24-11-13-25(14-12-24)32-39-21-44(43-32)26-15-17-27(18-16-26)46-35(36,37)38/h10-22,29-30H,5-9H2,1-4H3,(H2,40,41,42,45). The molecule has 1 heterocycles. The number of amides is 2. The van der Waals surface area contributed by atoms with E-state index in [1.807, 2.05) is 38.1 Å². The molecule has 12 heteroatoms. The number of alkyl halides is 3. The fraction of sp³-hybridized carbons (Fsp3) is 0.371. The molecule has 0 bridgehead atoms. The number of carbonyl (C=O) groups is 1. The van der Waals surface area contributed by atoms with Crippen molar-refractivity contribution in [2.45, 2.75) is 77.6 Å². The second-order valence-electron chi connectivity index (χ2n) is 11.8. The average molecular weight is 665 g/mol. The average Bonchev–Trinajstić information content (AvgIpc) is 3.51. The Hall–Kier alpha value is -4.32. The summed E-state index contributed by atoms with van der Waals surface area (Å²) >= 11 is 1.51. The number of aliphatic imine (C=N–C) groups is 1. The Morgan fingerprint density at radius 2 is 1.79 bits per heavy atom. The van der Waals surface area contributed by atoms with Crippen LogP contribution in [-0.4, -0.2) is 44.1 Å². The van der Waals surface area contributed by atoms with E-state index in [-0.39, 0.29) is 23.7 Å². The summed E-state index contributed by atoms with van der Waals surface area (Å²) in [6.45, 7) is 8.35. The van der Waals surface area contributed by atoms with Crippen molar-refractivity contribution < 1.29 is 22.7 Å². The number of carbonyl (C=O) groups excluding carboxylic acids is 1. The van der Waals surface area contributed by atoms with Crippen LogP contribution in [0.3, 0.4) is 0 Å². The number of urea groups is 1. The molecule has 1 fully saturated rings. The van der Waals surface area contributed by atoms with Crippen molar-refractivity contribution in [3.63, 3.8) is 0 Å². The van der Waals surface area contributed by atoms with Gasteiger partial charge in [-0.05, 0) is 78.5 Å². The molecule has 0 spiro atoms. The summed E-state index contributed by atoms with van der Waals surface area (Å²) in [5.74, 6) is 1.41. The van der Waals surface area contributed by atoms with Crippen LogP contribution < -0.4 is 15.4 Å². The highest BCUT2D eigenvalue weighted by atomic mass is 32.2. The Morgan fingerprint density at radius 3 is 2.47 bits per heavy atom. The van der Waals surface area contributed by atoms with Crippen LogP contribution in [0.1, 0.15) is 75.0 Å².